The normalized spacial score (nSPS) is 11.0. The third kappa shape index (κ3) is 4.19. The van der Waals surface area contributed by atoms with E-state index in [2.05, 4.69) is 15.6 Å². The van der Waals surface area contributed by atoms with Crippen LogP contribution in [0.2, 0.25) is 0 Å². The number of hydrogen-bond acceptors (Lipinski definition) is 6. The smallest absolute Gasteiger partial charge is 0.271 e. The lowest BCUT2D eigenvalue weighted by atomic mass is 10.2. The molecule has 1 N–H and O–H groups in total. The molecule has 1 aromatic heterocycles. The number of amides is 1. The van der Waals surface area contributed by atoms with Crippen LogP contribution in [0.15, 0.2) is 34.3 Å². The summed E-state index contributed by atoms with van der Waals surface area (Å²) in [5.74, 6) is -0.410. The fourth-order valence-electron chi connectivity index (χ4n) is 2.15. The van der Waals surface area contributed by atoms with Gasteiger partial charge >= 0.3 is 5.69 Å². The van der Waals surface area contributed by atoms with Crippen LogP contribution in [0, 0.1) is 24.0 Å². The van der Waals surface area contributed by atoms with Gasteiger partial charge in [-0.3, -0.25) is 19.6 Å². The summed E-state index contributed by atoms with van der Waals surface area (Å²) in [5, 5.41) is 18.8. The van der Waals surface area contributed by atoms with Crippen molar-refractivity contribution in [3.8, 4) is 0 Å². The maximum absolute atomic E-state index is 11.9. The molecule has 1 heterocycles. The van der Waals surface area contributed by atoms with Crippen LogP contribution in [0.1, 0.15) is 17.0 Å². The second-order valence-corrected chi connectivity index (χ2v) is 5.88. The molecule has 1 amide bonds. The van der Waals surface area contributed by atoms with E-state index in [1.54, 1.807) is 18.7 Å². The van der Waals surface area contributed by atoms with Gasteiger partial charge in [0.25, 0.3) is 5.91 Å². The van der Waals surface area contributed by atoms with Crippen molar-refractivity contribution in [3.63, 3.8) is 0 Å². The number of benzene rings is 1. The molecule has 2 aromatic rings. The highest BCUT2D eigenvalue weighted by atomic mass is 32.2. The zero-order valence-electron chi connectivity index (χ0n) is 13.5. The second kappa shape index (κ2) is 7.73. The number of nitro groups is 1. The van der Waals surface area contributed by atoms with E-state index < -0.39 is 10.8 Å². The van der Waals surface area contributed by atoms with E-state index in [1.807, 2.05) is 30.5 Å². The first kappa shape index (κ1) is 17.7. The zero-order chi connectivity index (χ0) is 17.7. The van der Waals surface area contributed by atoms with Crippen LogP contribution < -0.4 is 5.43 Å². The maximum atomic E-state index is 11.9. The van der Waals surface area contributed by atoms with Crippen LogP contribution in [0.4, 0.5) is 5.69 Å². The summed E-state index contributed by atoms with van der Waals surface area (Å²) in [6.07, 6.45) is 3.53. The lowest BCUT2D eigenvalue weighted by Crippen LogP contribution is -2.24. The van der Waals surface area contributed by atoms with Gasteiger partial charge in [-0.05, 0) is 37.8 Å². The van der Waals surface area contributed by atoms with Gasteiger partial charge in [-0.15, -0.1) is 11.8 Å². The lowest BCUT2D eigenvalue weighted by Gasteiger charge is -2.02. The molecule has 0 bridgehead atoms. The Labute approximate surface area is 143 Å². The van der Waals surface area contributed by atoms with Crippen LogP contribution in [0.5, 0.6) is 0 Å². The zero-order valence-corrected chi connectivity index (χ0v) is 14.3. The van der Waals surface area contributed by atoms with Crippen molar-refractivity contribution >= 4 is 29.6 Å². The molecule has 0 saturated heterocycles. The molecule has 24 heavy (non-hydrogen) atoms. The number of hydrazone groups is 1. The van der Waals surface area contributed by atoms with Crippen LogP contribution in [0.25, 0.3) is 0 Å². The Kier molecular flexibility index (Phi) is 5.69. The molecule has 1 aromatic carbocycles. The van der Waals surface area contributed by atoms with Crippen molar-refractivity contribution in [1.82, 2.24) is 15.2 Å². The third-order valence-corrected chi connectivity index (χ3v) is 4.08. The molecule has 2 rings (SSSR count). The van der Waals surface area contributed by atoms with Crippen molar-refractivity contribution in [2.24, 2.45) is 5.10 Å². The number of hydrogen-bond donors (Lipinski definition) is 1. The van der Waals surface area contributed by atoms with E-state index in [0.717, 1.165) is 10.5 Å². The molecule has 0 radical (unpaired) electrons. The highest BCUT2D eigenvalue weighted by Gasteiger charge is 2.22. The number of nitrogens with zero attached hydrogens (tertiary/aromatic N) is 4. The first-order valence-corrected chi connectivity index (χ1v) is 8.29. The molecule has 0 aliphatic carbocycles. The Morgan fingerprint density at radius 2 is 2.08 bits per heavy atom. The maximum Gasteiger partial charge on any atom is 0.312 e. The predicted molar refractivity (Wildman–Crippen MR) is 92.3 cm³/mol. The van der Waals surface area contributed by atoms with Gasteiger partial charge in [-0.1, -0.05) is 12.1 Å². The lowest BCUT2D eigenvalue weighted by molar-refractivity contribution is -0.386. The summed E-state index contributed by atoms with van der Waals surface area (Å²) in [6.45, 7) is 2.96. The molecule has 0 unspecified atom stereocenters. The molecule has 8 nitrogen and oxygen atoms in total. The Morgan fingerprint density at radius 1 is 1.42 bits per heavy atom. The van der Waals surface area contributed by atoms with Gasteiger partial charge in [0.2, 0.25) is 0 Å². The largest absolute Gasteiger partial charge is 0.312 e. The summed E-state index contributed by atoms with van der Waals surface area (Å²) >= 11 is 1.64. The fourth-order valence-corrected chi connectivity index (χ4v) is 2.55. The van der Waals surface area contributed by atoms with Gasteiger partial charge in [0.1, 0.15) is 17.9 Å². The van der Waals surface area contributed by atoms with Gasteiger partial charge in [0.15, 0.2) is 0 Å². The molecular formula is C15H17N5O3S. The van der Waals surface area contributed by atoms with Crippen LogP contribution in [-0.4, -0.2) is 33.1 Å². The van der Waals surface area contributed by atoms with Crippen molar-refractivity contribution in [2.75, 3.05) is 6.26 Å². The average molecular weight is 347 g/mol. The summed E-state index contributed by atoms with van der Waals surface area (Å²) in [4.78, 5) is 23.5. The van der Waals surface area contributed by atoms with E-state index in [1.165, 1.54) is 17.8 Å². The Hall–Kier alpha value is -2.68. The Balaban J connectivity index is 1.97. The highest BCUT2D eigenvalue weighted by molar-refractivity contribution is 7.98. The molecule has 0 aliphatic rings. The molecule has 0 aliphatic heterocycles. The topological polar surface area (TPSA) is 102 Å². The van der Waals surface area contributed by atoms with Crippen LogP contribution in [0.3, 0.4) is 0 Å². The second-order valence-electron chi connectivity index (χ2n) is 5.00. The number of carbonyl (C=O) groups is 1. The molecule has 0 atom stereocenters. The molecular weight excluding hydrogens is 330 g/mol. The van der Waals surface area contributed by atoms with Crippen LogP contribution >= 0.6 is 11.8 Å². The number of nitrogens with one attached hydrogen (secondary N) is 1. The molecule has 9 heteroatoms. The molecule has 0 fully saturated rings. The first-order chi connectivity index (χ1) is 11.4. The van der Waals surface area contributed by atoms with E-state index in [9.17, 15) is 14.9 Å². The SMILES string of the molecule is CSc1ccc(C=NNC(=O)Cn2nc(C)c([N+](=O)[O-])c2C)cc1. The van der Waals surface area contributed by atoms with Gasteiger partial charge in [-0.2, -0.15) is 10.2 Å². The molecule has 0 saturated carbocycles. The number of aryl methyl sites for hydroxylation is 1. The number of thioether (sulfide) groups is 1. The van der Waals surface area contributed by atoms with Crippen molar-refractivity contribution in [2.45, 2.75) is 25.3 Å². The molecule has 0 spiro atoms. The van der Waals surface area contributed by atoms with E-state index in [0.29, 0.717) is 5.69 Å². The van der Waals surface area contributed by atoms with E-state index >= 15 is 0 Å². The van der Waals surface area contributed by atoms with Gasteiger partial charge in [0.05, 0.1) is 11.1 Å². The minimum Gasteiger partial charge on any atom is -0.271 e. The minimum atomic E-state index is -0.498. The van der Waals surface area contributed by atoms with Crippen molar-refractivity contribution in [3.05, 3.63) is 51.3 Å². The first-order valence-electron chi connectivity index (χ1n) is 7.06. The van der Waals surface area contributed by atoms with Gasteiger partial charge in [0, 0.05) is 4.90 Å². The van der Waals surface area contributed by atoms with Crippen molar-refractivity contribution in [1.29, 1.82) is 0 Å². The van der Waals surface area contributed by atoms with Crippen molar-refractivity contribution < 1.29 is 9.72 Å². The van der Waals surface area contributed by atoms with Crippen LogP contribution in [-0.2, 0) is 11.3 Å². The monoisotopic (exact) mass is 347 g/mol. The molecule has 126 valence electrons. The van der Waals surface area contributed by atoms with E-state index in [-0.39, 0.29) is 17.9 Å². The number of rotatable bonds is 6. The highest BCUT2D eigenvalue weighted by Crippen LogP contribution is 2.21. The van der Waals surface area contributed by atoms with Gasteiger partial charge in [-0.25, -0.2) is 5.43 Å². The fraction of sp³-hybridized carbons (Fsp3) is 0.267. The summed E-state index contributed by atoms with van der Waals surface area (Å²) in [6, 6.07) is 7.71. The van der Waals surface area contributed by atoms with Gasteiger partial charge < -0.3 is 0 Å². The van der Waals surface area contributed by atoms with E-state index in [4.69, 9.17) is 0 Å². The average Bonchev–Trinajstić information content (AvgIpc) is 2.82. The number of aromatic nitrogens is 2. The summed E-state index contributed by atoms with van der Waals surface area (Å²) in [5.41, 5.74) is 3.79. The minimum absolute atomic E-state index is 0.0693. The Morgan fingerprint density at radius 3 is 2.62 bits per heavy atom. The number of carbonyl (C=O) groups excluding carboxylic acids is 1. The quantitative estimate of drug-likeness (QED) is 0.374. The summed E-state index contributed by atoms with van der Waals surface area (Å²) < 4.78 is 1.30. The Bertz CT molecular complexity index is 783. The third-order valence-electron chi connectivity index (χ3n) is 3.34. The predicted octanol–water partition coefficient (Wildman–Crippen LogP) is 2.28. The summed E-state index contributed by atoms with van der Waals surface area (Å²) in [7, 11) is 0. The standard InChI is InChI=1S/C15H17N5O3S/c1-10-15(20(22)23)11(2)19(18-10)9-14(21)17-16-8-12-4-6-13(24-3)7-5-12/h4-8H,9H2,1-3H3,(H,17,21).